The van der Waals surface area contributed by atoms with Crippen molar-refractivity contribution in [1.82, 2.24) is 0 Å². The quantitative estimate of drug-likeness (QED) is 0.751. The standard InChI is InChI=1S/C20H26O8/c1-19(24-3)20(2,25-4)28-18(23)16(27-19)13-10-11-26-17(22)14(13)15(21)12-8-6-5-7-9-12/h5-9,13-16,21H,10-11H2,1-4H3/t13-,14-,15-,16+,19-,20-/m1/s1. The van der Waals surface area contributed by atoms with Crippen LogP contribution in [-0.2, 0) is 33.3 Å². The van der Waals surface area contributed by atoms with Crippen LogP contribution < -0.4 is 0 Å². The molecule has 2 aliphatic rings. The molecule has 8 nitrogen and oxygen atoms in total. The number of hydrogen-bond donors (Lipinski definition) is 1. The second kappa shape index (κ2) is 7.79. The molecule has 0 aliphatic carbocycles. The van der Waals surface area contributed by atoms with Crippen molar-refractivity contribution in [2.45, 2.75) is 44.1 Å². The third kappa shape index (κ3) is 3.41. The van der Waals surface area contributed by atoms with Crippen LogP contribution in [0.4, 0.5) is 0 Å². The lowest BCUT2D eigenvalue weighted by molar-refractivity contribution is -0.410. The number of cyclic esters (lactones) is 2. The summed E-state index contributed by atoms with van der Waals surface area (Å²) < 4.78 is 27.5. The predicted molar refractivity (Wildman–Crippen MR) is 95.8 cm³/mol. The van der Waals surface area contributed by atoms with E-state index in [9.17, 15) is 14.7 Å². The van der Waals surface area contributed by atoms with E-state index in [1.807, 2.05) is 6.07 Å². The van der Waals surface area contributed by atoms with Crippen molar-refractivity contribution in [1.29, 1.82) is 0 Å². The Morgan fingerprint density at radius 3 is 2.32 bits per heavy atom. The summed E-state index contributed by atoms with van der Waals surface area (Å²) >= 11 is 0. The predicted octanol–water partition coefficient (Wildman–Crippen LogP) is 1.57. The second-order valence-corrected chi connectivity index (χ2v) is 7.26. The molecule has 2 aliphatic heterocycles. The molecule has 0 bridgehead atoms. The number of hydrogen-bond acceptors (Lipinski definition) is 8. The van der Waals surface area contributed by atoms with Crippen LogP contribution in [0.25, 0.3) is 0 Å². The first-order chi connectivity index (χ1) is 13.3. The van der Waals surface area contributed by atoms with Gasteiger partial charge in [-0.3, -0.25) is 4.79 Å². The zero-order chi connectivity index (χ0) is 20.5. The number of ether oxygens (including phenoxy) is 5. The minimum absolute atomic E-state index is 0.125. The first kappa shape index (κ1) is 20.7. The zero-order valence-corrected chi connectivity index (χ0v) is 16.4. The smallest absolute Gasteiger partial charge is 0.338 e. The number of aliphatic hydroxyl groups excluding tert-OH is 1. The molecule has 2 fully saturated rings. The zero-order valence-electron chi connectivity index (χ0n) is 16.4. The van der Waals surface area contributed by atoms with Crippen LogP contribution in [0, 0.1) is 11.8 Å². The van der Waals surface area contributed by atoms with Crippen molar-refractivity contribution in [3.8, 4) is 0 Å². The van der Waals surface area contributed by atoms with E-state index in [0.717, 1.165) is 0 Å². The summed E-state index contributed by atoms with van der Waals surface area (Å²) in [6.45, 7) is 3.26. The number of esters is 2. The van der Waals surface area contributed by atoms with Crippen molar-refractivity contribution >= 4 is 11.9 Å². The lowest BCUT2D eigenvalue weighted by Crippen LogP contribution is -2.66. The van der Waals surface area contributed by atoms with Crippen LogP contribution in [0.3, 0.4) is 0 Å². The number of carbonyl (C=O) groups excluding carboxylic acids is 2. The molecule has 0 unspecified atom stereocenters. The lowest BCUT2D eigenvalue weighted by atomic mass is 9.77. The Balaban J connectivity index is 1.93. The maximum Gasteiger partial charge on any atom is 0.338 e. The summed E-state index contributed by atoms with van der Waals surface area (Å²) in [6.07, 6.45) is -1.94. The molecule has 2 heterocycles. The molecular formula is C20H26O8. The van der Waals surface area contributed by atoms with Gasteiger partial charge in [0, 0.05) is 27.1 Å². The topological polar surface area (TPSA) is 101 Å². The number of carbonyl (C=O) groups is 2. The molecule has 0 radical (unpaired) electrons. The normalized spacial score (nSPS) is 37.1. The van der Waals surface area contributed by atoms with E-state index in [2.05, 4.69) is 0 Å². The monoisotopic (exact) mass is 394 g/mol. The Kier molecular flexibility index (Phi) is 5.77. The summed E-state index contributed by atoms with van der Waals surface area (Å²) in [7, 11) is 2.80. The van der Waals surface area contributed by atoms with Gasteiger partial charge in [-0.05, 0) is 18.9 Å². The van der Waals surface area contributed by atoms with E-state index >= 15 is 0 Å². The van der Waals surface area contributed by atoms with Crippen LogP contribution in [0.1, 0.15) is 31.9 Å². The number of aliphatic hydroxyl groups is 1. The van der Waals surface area contributed by atoms with E-state index in [-0.39, 0.29) is 6.61 Å². The Morgan fingerprint density at radius 2 is 1.71 bits per heavy atom. The first-order valence-electron chi connectivity index (χ1n) is 9.17. The molecule has 0 saturated carbocycles. The number of methoxy groups -OCH3 is 2. The molecule has 8 heteroatoms. The minimum atomic E-state index is -1.46. The fourth-order valence-corrected chi connectivity index (χ4v) is 3.77. The Morgan fingerprint density at radius 1 is 1.07 bits per heavy atom. The third-order valence-electron chi connectivity index (χ3n) is 5.78. The fourth-order valence-electron chi connectivity index (χ4n) is 3.77. The van der Waals surface area contributed by atoms with Crippen LogP contribution in [0.2, 0.25) is 0 Å². The van der Waals surface area contributed by atoms with Gasteiger partial charge in [-0.1, -0.05) is 30.3 Å². The molecular weight excluding hydrogens is 368 g/mol. The number of rotatable bonds is 5. The largest absolute Gasteiger partial charge is 0.465 e. The summed E-state index contributed by atoms with van der Waals surface area (Å²) in [5.41, 5.74) is 0.553. The van der Waals surface area contributed by atoms with Gasteiger partial charge in [0.15, 0.2) is 6.10 Å². The van der Waals surface area contributed by atoms with Gasteiger partial charge in [0.25, 0.3) is 5.79 Å². The molecule has 1 N–H and O–H groups in total. The van der Waals surface area contributed by atoms with E-state index in [1.54, 1.807) is 31.2 Å². The third-order valence-corrected chi connectivity index (χ3v) is 5.78. The van der Waals surface area contributed by atoms with E-state index in [4.69, 9.17) is 23.7 Å². The van der Waals surface area contributed by atoms with E-state index < -0.39 is 47.6 Å². The fraction of sp³-hybridized carbons (Fsp3) is 0.600. The molecule has 3 rings (SSSR count). The van der Waals surface area contributed by atoms with E-state index in [1.165, 1.54) is 21.1 Å². The Hall–Kier alpha value is -2.00. The van der Waals surface area contributed by atoms with Crippen molar-refractivity contribution in [2.24, 2.45) is 11.8 Å². The highest BCUT2D eigenvalue weighted by Crippen LogP contribution is 2.44. The average molecular weight is 394 g/mol. The van der Waals surface area contributed by atoms with Crippen LogP contribution in [-0.4, -0.2) is 55.5 Å². The minimum Gasteiger partial charge on any atom is -0.465 e. The van der Waals surface area contributed by atoms with Gasteiger partial charge in [0.2, 0.25) is 5.79 Å². The maximum absolute atomic E-state index is 12.8. The van der Waals surface area contributed by atoms with Gasteiger partial charge >= 0.3 is 11.9 Å². The molecule has 154 valence electrons. The molecule has 0 amide bonds. The van der Waals surface area contributed by atoms with Gasteiger partial charge in [-0.25, -0.2) is 4.79 Å². The van der Waals surface area contributed by atoms with Crippen molar-refractivity contribution in [2.75, 3.05) is 20.8 Å². The summed E-state index contributed by atoms with van der Waals surface area (Å²) in [6, 6.07) is 8.76. The van der Waals surface area contributed by atoms with Crippen molar-refractivity contribution in [3.05, 3.63) is 35.9 Å². The molecule has 2 saturated heterocycles. The van der Waals surface area contributed by atoms with Crippen LogP contribution in [0.5, 0.6) is 0 Å². The second-order valence-electron chi connectivity index (χ2n) is 7.26. The first-order valence-corrected chi connectivity index (χ1v) is 9.17. The molecule has 28 heavy (non-hydrogen) atoms. The number of benzene rings is 1. The lowest BCUT2D eigenvalue weighted by Gasteiger charge is -2.50. The van der Waals surface area contributed by atoms with Crippen molar-refractivity contribution in [3.63, 3.8) is 0 Å². The highest BCUT2D eigenvalue weighted by molar-refractivity contribution is 5.80. The highest BCUT2D eigenvalue weighted by atomic mass is 16.8. The van der Waals surface area contributed by atoms with Gasteiger partial charge in [0.05, 0.1) is 18.6 Å². The van der Waals surface area contributed by atoms with Gasteiger partial charge in [0.1, 0.15) is 0 Å². The van der Waals surface area contributed by atoms with Crippen molar-refractivity contribution < 1.29 is 38.4 Å². The highest BCUT2D eigenvalue weighted by Gasteiger charge is 2.60. The molecule has 0 aromatic heterocycles. The van der Waals surface area contributed by atoms with Gasteiger partial charge in [-0.15, -0.1) is 0 Å². The summed E-state index contributed by atoms with van der Waals surface area (Å²) in [5.74, 6) is -5.75. The van der Waals surface area contributed by atoms with Crippen LogP contribution in [0.15, 0.2) is 30.3 Å². The Labute approximate surface area is 163 Å². The molecule has 1 aromatic rings. The van der Waals surface area contributed by atoms with Gasteiger partial charge in [-0.2, -0.15) is 0 Å². The van der Waals surface area contributed by atoms with Crippen LogP contribution >= 0.6 is 0 Å². The summed E-state index contributed by atoms with van der Waals surface area (Å²) in [4.78, 5) is 25.3. The van der Waals surface area contributed by atoms with Gasteiger partial charge < -0.3 is 28.8 Å². The molecule has 6 atom stereocenters. The molecule has 0 spiro atoms. The average Bonchev–Trinajstić information content (AvgIpc) is 2.70. The maximum atomic E-state index is 12.8. The Bertz CT molecular complexity index is 722. The summed E-state index contributed by atoms with van der Waals surface area (Å²) in [5, 5.41) is 10.9. The molecule has 1 aromatic carbocycles. The van der Waals surface area contributed by atoms with E-state index in [0.29, 0.717) is 12.0 Å². The SMILES string of the molecule is CO[C@]1(C)OC(=O)[C@H]([C@@H]2CCOC(=O)[C@H]2[C@H](O)c2ccccc2)O[C@@]1(C)OC.